The molecule has 2 aromatic heterocycles. The van der Waals surface area contributed by atoms with Crippen LogP contribution in [0, 0.1) is 0 Å². The molecule has 11 aromatic rings. The van der Waals surface area contributed by atoms with Crippen molar-refractivity contribution in [3.05, 3.63) is 188 Å². The van der Waals surface area contributed by atoms with E-state index in [1.165, 1.54) is 47.5 Å². The van der Waals surface area contributed by atoms with Gasteiger partial charge in [0, 0.05) is 53.1 Å². The average molecular weight is 694 g/mol. The fourth-order valence-electron chi connectivity index (χ4n) is 8.24. The van der Waals surface area contributed by atoms with Crippen molar-refractivity contribution >= 4 is 92.1 Å². The Hall–Kier alpha value is -6.68. The maximum absolute atomic E-state index is 6.58. The van der Waals surface area contributed by atoms with Crippen LogP contribution < -0.4 is 4.90 Å². The first kappa shape index (κ1) is 30.0. The van der Waals surface area contributed by atoms with E-state index in [-0.39, 0.29) is 0 Å². The first-order chi connectivity index (χ1) is 26.3. The number of nitrogens with zero attached hydrogens (tertiary/aromatic N) is 1. The Balaban J connectivity index is 1.09. The number of rotatable bonds is 5. The maximum Gasteiger partial charge on any atom is 0.143 e. The highest BCUT2D eigenvalue weighted by Gasteiger charge is 2.19. The van der Waals surface area contributed by atoms with Crippen molar-refractivity contribution in [2.45, 2.75) is 0 Å². The van der Waals surface area contributed by atoms with Crippen LogP contribution in [0.15, 0.2) is 192 Å². The van der Waals surface area contributed by atoms with E-state index in [9.17, 15) is 0 Å². The molecule has 53 heavy (non-hydrogen) atoms. The third-order valence-corrected chi connectivity index (χ3v) is 11.8. The van der Waals surface area contributed by atoms with Gasteiger partial charge in [0.15, 0.2) is 0 Å². The van der Waals surface area contributed by atoms with Gasteiger partial charge in [0.25, 0.3) is 0 Å². The van der Waals surface area contributed by atoms with Gasteiger partial charge in [-0.15, -0.1) is 11.3 Å². The number of thiophene rings is 1. The molecule has 0 bridgehead atoms. The van der Waals surface area contributed by atoms with Crippen molar-refractivity contribution in [3.63, 3.8) is 0 Å². The normalized spacial score (nSPS) is 11.8. The minimum Gasteiger partial charge on any atom is -0.455 e. The number of hydrogen-bond acceptors (Lipinski definition) is 3. The van der Waals surface area contributed by atoms with E-state index in [1.54, 1.807) is 0 Å². The van der Waals surface area contributed by atoms with E-state index >= 15 is 0 Å². The smallest absolute Gasteiger partial charge is 0.143 e. The second-order valence-corrected chi connectivity index (χ2v) is 14.7. The highest BCUT2D eigenvalue weighted by Crippen LogP contribution is 2.45. The summed E-state index contributed by atoms with van der Waals surface area (Å²) in [6.07, 6.45) is 0. The Morgan fingerprint density at radius 1 is 0.396 bits per heavy atom. The lowest BCUT2D eigenvalue weighted by molar-refractivity contribution is 0.673. The zero-order valence-electron chi connectivity index (χ0n) is 28.7. The maximum atomic E-state index is 6.58. The number of anilines is 3. The van der Waals surface area contributed by atoms with Gasteiger partial charge in [-0.3, -0.25) is 0 Å². The first-order valence-corrected chi connectivity index (χ1v) is 18.8. The number of hydrogen-bond donors (Lipinski definition) is 0. The van der Waals surface area contributed by atoms with Crippen molar-refractivity contribution in [1.82, 2.24) is 0 Å². The van der Waals surface area contributed by atoms with E-state index in [4.69, 9.17) is 4.42 Å². The zero-order valence-corrected chi connectivity index (χ0v) is 29.5. The van der Waals surface area contributed by atoms with Crippen LogP contribution in [0.25, 0.3) is 85.9 Å². The van der Waals surface area contributed by atoms with Crippen LogP contribution in [0.2, 0.25) is 0 Å². The SMILES string of the molecule is c1cc(-c2cccc3oc4c5ccccc5ccc4c23)cc(N(c2ccc(-c3cccc4sc5ccccc5c34)cc2)c2cccc3ccccc23)c1. The predicted octanol–water partition coefficient (Wildman–Crippen LogP) is 15.1. The Morgan fingerprint density at radius 3 is 1.92 bits per heavy atom. The van der Waals surface area contributed by atoms with Crippen LogP contribution in [0.5, 0.6) is 0 Å². The molecule has 2 heterocycles. The van der Waals surface area contributed by atoms with Gasteiger partial charge in [-0.05, 0) is 87.6 Å². The Kier molecular flexibility index (Phi) is 6.76. The summed E-state index contributed by atoms with van der Waals surface area (Å²) in [5.41, 5.74) is 9.93. The van der Waals surface area contributed by atoms with Crippen molar-refractivity contribution in [1.29, 1.82) is 0 Å². The molecule has 0 atom stereocenters. The lowest BCUT2D eigenvalue weighted by Gasteiger charge is -2.27. The number of fused-ring (bicyclic) bond motifs is 9. The topological polar surface area (TPSA) is 16.4 Å². The fraction of sp³-hybridized carbons (Fsp3) is 0. The molecule has 0 unspecified atom stereocenters. The minimum atomic E-state index is 0.897. The monoisotopic (exact) mass is 693 g/mol. The van der Waals surface area contributed by atoms with Crippen LogP contribution in [-0.4, -0.2) is 0 Å². The minimum absolute atomic E-state index is 0.897. The molecule has 0 fully saturated rings. The van der Waals surface area contributed by atoms with E-state index < -0.39 is 0 Å². The Morgan fingerprint density at radius 2 is 1.06 bits per heavy atom. The molecule has 2 nitrogen and oxygen atoms in total. The van der Waals surface area contributed by atoms with E-state index in [2.05, 4.69) is 193 Å². The molecule has 0 radical (unpaired) electrons. The second-order valence-electron chi connectivity index (χ2n) is 13.7. The van der Waals surface area contributed by atoms with Crippen LogP contribution in [0.3, 0.4) is 0 Å². The summed E-state index contributed by atoms with van der Waals surface area (Å²) in [6, 6.07) is 68.0. The fourth-order valence-corrected chi connectivity index (χ4v) is 9.37. The Labute approximate surface area is 310 Å². The lowest BCUT2D eigenvalue weighted by Crippen LogP contribution is -2.10. The lowest BCUT2D eigenvalue weighted by atomic mass is 9.97. The van der Waals surface area contributed by atoms with Crippen LogP contribution in [0.4, 0.5) is 17.1 Å². The van der Waals surface area contributed by atoms with Crippen molar-refractivity contribution in [2.24, 2.45) is 0 Å². The third kappa shape index (κ3) is 4.78. The van der Waals surface area contributed by atoms with Crippen LogP contribution in [0.1, 0.15) is 0 Å². The summed E-state index contributed by atoms with van der Waals surface area (Å²) in [4.78, 5) is 2.40. The summed E-state index contributed by atoms with van der Waals surface area (Å²) >= 11 is 1.86. The van der Waals surface area contributed by atoms with Gasteiger partial charge in [-0.2, -0.15) is 0 Å². The van der Waals surface area contributed by atoms with Crippen LogP contribution in [-0.2, 0) is 0 Å². The van der Waals surface area contributed by atoms with E-state index in [1.807, 2.05) is 11.3 Å². The molecule has 0 aliphatic carbocycles. The highest BCUT2D eigenvalue weighted by atomic mass is 32.1. The van der Waals surface area contributed by atoms with Crippen LogP contribution >= 0.6 is 11.3 Å². The molecule has 9 aromatic carbocycles. The highest BCUT2D eigenvalue weighted by molar-refractivity contribution is 7.25. The molecular formula is C50H31NOS. The summed E-state index contributed by atoms with van der Waals surface area (Å²) in [5, 5.41) is 9.64. The molecule has 0 saturated carbocycles. The van der Waals surface area contributed by atoms with Gasteiger partial charge in [0.1, 0.15) is 11.2 Å². The van der Waals surface area contributed by atoms with Crippen molar-refractivity contribution < 1.29 is 4.42 Å². The summed E-state index contributed by atoms with van der Waals surface area (Å²) in [5.74, 6) is 0. The largest absolute Gasteiger partial charge is 0.455 e. The molecule has 248 valence electrons. The molecule has 0 saturated heterocycles. The molecule has 0 aliphatic rings. The summed E-state index contributed by atoms with van der Waals surface area (Å²) < 4.78 is 9.21. The Bertz CT molecular complexity index is 3180. The van der Waals surface area contributed by atoms with Gasteiger partial charge in [-0.25, -0.2) is 0 Å². The predicted molar refractivity (Wildman–Crippen MR) is 227 cm³/mol. The molecule has 3 heteroatoms. The quantitative estimate of drug-likeness (QED) is 0.178. The number of furan rings is 1. The van der Waals surface area contributed by atoms with Crippen molar-refractivity contribution in [3.8, 4) is 22.3 Å². The zero-order chi connectivity index (χ0) is 34.9. The van der Waals surface area contributed by atoms with Gasteiger partial charge >= 0.3 is 0 Å². The van der Waals surface area contributed by atoms with Crippen molar-refractivity contribution in [2.75, 3.05) is 4.90 Å². The summed E-state index contributed by atoms with van der Waals surface area (Å²) in [6.45, 7) is 0. The summed E-state index contributed by atoms with van der Waals surface area (Å²) in [7, 11) is 0. The molecular weight excluding hydrogens is 663 g/mol. The third-order valence-electron chi connectivity index (χ3n) is 10.6. The average Bonchev–Trinajstić information content (AvgIpc) is 3.81. The van der Waals surface area contributed by atoms with Gasteiger partial charge in [0.2, 0.25) is 0 Å². The van der Waals surface area contributed by atoms with Gasteiger partial charge in [-0.1, -0.05) is 133 Å². The van der Waals surface area contributed by atoms with E-state index in [0.717, 1.165) is 55.5 Å². The molecule has 0 aliphatic heterocycles. The molecule has 0 N–H and O–H groups in total. The number of benzene rings is 9. The van der Waals surface area contributed by atoms with Gasteiger partial charge < -0.3 is 9.32 Å². The first-order valence-electron chi connectivity index (χ1n) is 18.0. The van der Waals surface area contributed by atoms with E-state index in [0.29, 0.717) is 0 Å². The second kappa shape index (κ2) is 11.9. The standard InChI is InChI=1S/C50H31NOS/c1-3-16-38-32(11-1)13-8-21-44(38)51(36-28-25-34(26-29-36)39-20-10-24-47-49(39)42-18-5-6-23-46(42)53-47)37-15-7-14-35(31-37)40-19-9-22-45-48(40)43-30-27-33-12-2-4-17-41(33)50(43)52-45/h1-31H. The molecule has 0 spiro atoms. The molecule has 11 rings (SSSR count). The molecule has 0 amide bonds. The van der Waals surface area contributed by atoms with Gasteiger partial charge in [0.05, 0.1) is 5.69 Å².